The number of thiazole rings is 1. The van der Waals surface area contributed by atoms with Crippen molar-refractivity contribution in [2.45, 2.75) is 19.8 Å². The Morgan fingerprint density at radius 1 is 1.38 bits per heavy atom. The molecule has 0 aliphatic rings. The molecule has 0 bridgehead atoms. The van der Waals surface area contributed by atoms with E-state index >= 15 is 0 Å². The van der Waals surface area contributed by atoms with E-state index in [0.29, 0.717) is 11.6 Å². The molecule has 0 saturated carbocycles. The fourth-order valence-corrected chi connectivity index (χ4v) is 2.81. The first kappa shape index (κ1) is 15.2. The van der Waals surface area contributed by atoms with Gasteiger partial charge in [0.2, 0.25) is 0 Å². The van der Waals surface area contributed by atoms with Crippen molar-refractivity contribution in [1.29, 1.82) is 0 Å². The summed E-state index contributed by atoms with van der Waals surface area (Å²) >= 11 is 1.38. The van der Waals surface area contributed by atoms with Crippen LogP contribution in [0.5, 0.6) is 0 Å². The molecule has 0 spiro atoms. The van der Waals surface area contributed by atoms with Crippen LogP contribution in [0.3, 0.4) is 0 Å². The Morgan fingerprint density at radius 3 is 2.81 bits per heavy atom. The topological polar surface area (TPSA) is 91.3 Å². The van der Waals surface area contributed by atoms with Crippen LogP contribution in [0.2, 0.25) is 0 Å². The van der Waals surface area contributed by atoms with Gasteiger partial charge in [-0.25, -0.2) is 9.78 Å². The molecule has 6 nitrogen and oxygen atoms in total. The average Bonchev–Trinajstić information content (AvgIpc) is 2.85. The summed E-state index contributed by atoms with van der Waals surface area (Å²) in [7, 11) is 0. The number of carboxylic acid groups (broad SMARTS) is 1. The number of nitrogens with one attached hydrogen (secondary N) is 2. The fourth-order valence-electron chi connectivity index (χ4n) is 1.94. The number of anilines is 1. The number of carboxylic acids is 1. The minimum absolute atomic E-state index is 0.111. The lowest BCUT2D eigenvalue weighted by Crippen LogP contribution is -2.35. The molecule has 0 fully saturated rings. The standard InChI is InChI=1S/C14H17N3O3S/c1-2-5-9(12(18)19)8-15-13(20)17-14-16-10-6-3-4-7-11(10)21-14/h3-4,6-7,9H,2,5,8H2,1H3,(H,18,19)(H2,15,16,17,20). The highest BCUT2D eigenvalue weighted by atomic mass is 32.1. The smallest absolute Gasteiger partial charge is 0.321 e. The first-order valence-corrected chi connectivity index (χ1v) is 7.55. The number of aliphatic carboxylic acids is 1. The van der Waals surface area contributed by atoms with Crippen LogP contribution < -0.4 is 10.6 Å². The summed E-state index contributed by atoms with van der Waals surface area (Å²) in [5.74, 6) is -1.45. The van der Waals surface area contributed by atoms with Crippen LogP contribution in [-0.2, 0) is 4.79 Å². The summed E-state index contributed by atoms with van der Waals surface area (Å²) in [4.78, 5) is 27.0. The van der Waals surface area contributed by atoms with Gasteiger partial charge in [0.1, 0.15) is 0 Å². The van der Waals surface area contributed by atoms with Crippen LogP contribution in [0.1, 0.15) is 19.8 Å². The van der Waals surface area contributed by atoms with Crippen LogP contribution in [0.15, 0.2) is 24.3 Å². The van der Waals surface area contributed by atoms with Gasteiger partial charge in [-0.1, -0.05) is 36.8 Å². The van der Waals surface area contributed by atoms with E-state index in [1.165, 1.54) is 11.3 Å². The average molecular weight is 307 g/mol. The first-order valence-electron chi connectivity index (χ1n) is 6.73. The number of amides is 2. The second kappa shape index (κ2) is 7.03. The lowest BCUT2D eigenvalue weighted by molar-refractivity contribution is -0.141. The van der Waals surface area contributed by atoms with Crippen molar-refractivity contribution >= 4 is 38.7 Å². The Hall–Kier alpha value is -2.15. The van der Waals surface area contributed by atoms with Crippen LogP contribution >= 0.6 is 11.3 Å². The molecular formula is C14H17N3O3S. The van der Waals surface area contributed by atoms with Crippen molar-refractivity contribution in [2.24, 2.45) is 5.92 Å². The van der Waals surface area contributed by atoms with Gasteiger partial charge in [-0.05, 0) is 18.6 Å². The van der Waals surface area contributed by atoms with E-state index in [9.17, 15) is 9.59 Å². The summed E-state index contributed by atoms with van der Waals surface area (Å²) in [5.41, 5.74) is 0.826. The van der Waals surface area contributed by atoms with Gasteiger partial charge in [0.15, 0.2) is 5.13 Å². The fraction of sp³-hybridized carbons (Fsp3) is 0.357. The number of carbonyl (C=O) groups excluding carboxylic acids is 1. The van der Waals surface area contributed by atoms with Crippen molar-refractivity contribution in [2.75, 3.05) is 11.9 Å². The Balaban J connectivity index is 1.90. The molecule has 0 radical (unpaired) electrons. The van der Waals surface area contributed by atoms with Crippen molar-refractivity contribution in [1.82, 2.24) is 10.3 Å². The minimum Gasteiger partial charge on any atom is -0.481 e. The molecular weight excluding hydrogens is 290 g/mol. The number of aromatic nitrogens is 1. The van der Waals surface area contributed by atoms with Crippen LogP contribution in [0.4, 0.5) is 9.93 Å². The maximum Gasteiger partial charge on any atom is 0.321 e. The van der Waals surface area contributed by atoms with E-state index in [4.69, 9.17) is 5.11 Å². The Kier molecular flexibility index (Phi) is 5.10. The molecule has 1 atom stereocenters. The number of fused-ring (bicyclic) bond motifs is 1. The second-order valence-corrected chi connectivity index (χ2v) is 5.68. The zero-order valence-corrected chi connectivity index (χ0v) is 12.4. The van der Waals surface area contributed by atoms with Crippen LogP contribution in [0.25, 0.3) is 10.2 Å². The van der Waals surface area contributed by atoms with E-state index in [2.05, 4.69) is 15.6 Å². The van der Waals surface area contributed by atoms with E-state index < -0.39 is 17.9 Å². The van der Waals surface area contributed by atoms with E-state index in [0.717, 1.165) is 16.6 Å². The number of nitrogens with zero attached hydrogens (tertiary/aromatic N) is 1. The number of hydrogen-bond donors (Lipinski definition) is 3. The van der Waals surface area contributed by atoms with E-state index in [1.54, 1.807) is 0 Å². The summed E-state index contributed by atoms with van der Waals surface area (Å²) < 4.78 is 0.988. The number of benzene rings is 1. The Morgan fingerprint density at radius 2 is 2.14 bits per heavy atom. The van der Waals surface area contributed by atoms with E-state index in [1.807, 2.05) is 31.2 Å². The molecule has 2 amide bonds. The summed E-state index contributed by atoms with van der Waals surface area (Å²) in [6.07, 6.45) is 1.30. The van der Waals surface area contributed by atoms with Gasteiger partial charge < -0.3 is 10.4 Å². The third-order valence-corrected chi connectivity index (χ3v) is 3.96. The first-order chi connectivity index (χ1) is 10.1. The van der Waals surface area contributed by atoms with Gasteiger partial charge in [0.25, 0.3) is 0 Å². The SMILES string of the molecule is CCCC(CNC(=O)Nc1nc2ccccc2s1)C(=O)O. The maximum atomic E-state index is 11.8. The highest BCUT2D eigenvalue weighted by Crippen LogP contribution is 2.25. The highest BCUT2D eigenvalue weighted by Gasteiger charge is 2.17. The van der Waals surface area contributed by atoms with Crippen molar-refractivity contribution in [3.8, 4) is 0 Å². The third kappa shape index (κ3) is 4.16. The van der Waals surface area contributed by atoms with Gasteiger partial charge in [-0.2, -0.15) is 0 Å². The quantitative estimate of drug-likeness (QED) is 0.765. The lowest BCUT2D eigenvalue weighted by Gasteiger charge is -2.12. The molecule has 21 heavy (non-hydrogen) atoms. The zero-order chi connectivity index (χ0) is 15.2. The maximum absolute atomic E-state index is 11.8. The number of hydrogen-bond acceptors (Lipinski definition) is 4. The third-order valence-electron chi connectivity index (χ3n) is 3.01. The molecule has 2 rings (SSSR count). The molecule has 3 N–H and O–H groups in total. The van der Waals surface area contributed by atoms with Crippen LogP contribution in [-0.4, -0.2) is 28.6 Å². The summed E-state index contributed by atoms with van der Waals surface area (Å²) in [5, 5.41) is 14.7. The normalized spacial score (nSPS) is 12.0. The van der Waals surface area contributed by atoms with Gasteiger partial charge >= 0.3 is 12.0 Å². The molecule has 1 unspecified atom stereocenters. The predicted octanol–water partition coefficient (Wildman–Crippen LogP) is 2.92. The minimum atomic E-state index is -0.892. The molecule has 7 heteroatoms. The number of para-hydroxylation sites is 1. The number of urea groups is 1. The molecule has 2 aromatic rings. The van der Waals surface area contributed by atoms with Crippen LogP contribution in [0, 0.1) is 5.92 Å². The summed E-state index contributed by atoms with van der Waals surface area (Å²) in [6, 6.07) is 7.16. The molecule has 0 aliphatic heterocycles. The van der Waals surface area contributed by atoms with Gasteiger partial charge in [-0.15, -0.1) is 0 Å². The summed E-state index contributed by atoms with van der Waals surface area (Å²) in [6.45, 7) is 2.02. The number of carbonyl (C=O) groups is 2. The lowest BCUT2D eigenvalue weighted by atomic mass is 10.0. The van der Waals surface area contributed by atoms with Crippen molar-refractivity contribution in [3.05, 3.63) is 24.3 Å². The van der Waals surface area contributed by atoms with Gasteiger partial charge in [-0.3, -0.25) is 10.1 Å². The Bertz CT molecular complexity index is 608. The molecule has 0 aliphatic carbocycles. The molecule has 1 aromatic heterocycles. The van der Waals surface area contributed by atoms with E-state index in [-0.39, 0.29) is 6.54 Å². The second-order valence-electron chi connectivity index (χ2n) is 4.65. The number of rotatable bonds is 6. The Labute approximate surface area is 126 Å². The largest absolute Gasteiger partial charge is 0.481 e. The van der Waals surface area contributed by atoms with Crippen molar-refractivity contribution < 1.29 is 14.7 Å². The highest BCUT2D eigenvalue weighted by molar-refractivity contribution is 7.22. The van der Waals surface area contributed by atoms with Gasteiger partial charge in [0.05, 0.1) is 16.1 Å². The molecule has 0 saturated heterocycles. The monoisotopic (exact) mass is 307 g/mol. The molecule has 1 heterocycles. The predicted molar refractivity (Wildman–Crippen MR) is 82.7 cm³/mol. The van der Waals surface area contributed by atoms with Gasteiger partial charge in [0, 0.05) is 6.54 Å². The molecule has 1 aromatic carbocycles. The van der Waals surface area contributed by atoms with Crippen molar-refractivity contribution in [3.63, 3.8) is 0 Å². The molecule has 112 valence electrons. The zero-order valence-electron chi connectivity index (χ0n) is 11.6.